The smallest absolute Gasteiger partial charge is 0.273 e. The molecular formula is C14H18N4O3. The van der Waals surface area contributed by atoms with E-state index in [1.807, 2.05) is 19.9 Å². The van der Waals surface area contributed by atoms with Crippen molar-refractivity contribution in [2.24, 2.45) is 0 Å². The number of amides is 2. The molecule has 2 aromatic heterocycles. The van der Waals surface area contributed by atoms with Gasteiger partial charge in [-0.15, -0.1) is 0 Å². The van der Waals surface area contributed by atoms with E-state index in [1.165, 1.54) is 0 Å². The average Bonchev–Trinajstić information content (AvgIpc) is 2.89. The highest BCUT2D eigenvalue weighted by atomic mass is 16.3. The van der Waals surface area contributed by atoms with Crippen LogP contribution in [0.25, 0.3) is 0 Å². The second-order valence-corrected chi connectivity index (χ2v) is 4.91. The Morgan fingerprint density at radius 3 is 2.43 bits per heavy atom. The maximum atomic E-state index is 11.9. The number of nitrogens with zero attached hydrogens (tertiary/aromatic N) is 2. The van der Waals surface area contributed by atoms with Gasteiger partial charge >= 0.3 is 0 Å². The van der Waals surface area contributed by atoms with Crippen molar-refractivity contribution < 1.29 is 14.0 Å². The molecule has 0 aromatic carbocycles. The summed E-state index contributed by atoms with van der Waals surface area (Å²) >= 11 is 0. The summed E-state index contributed by atoms with van der Waals surface area (Å²) in [5.41, 5.74) is 6.85. The normalized spacial score (nSPS) is 10.5. The van der Waals surface area contributed by atoms with Crippen LogP contribution >= 0.6 is 0 Å². The quantitative estimate of drug-likeness (QED) is 0.830. The van der Waals surface area contributed by atoms with E-state index in [2.05, 4.69) is 16.0 Å². The molecule has 0 fully saturated rings. The van der Waals surface area contributed by atoms with E-state index < -0.39 is 5.91 Å². The first kappa shape index (κ1) is 14.8. The Balaban J connectivity index is 1.91. The van der Waals surface area contributed by atoms with Crippen molar-refractivity contribution in [3.8, 4) is 0 Å². The molecule has 0 saturated carbocycles. The SMILES string of the molecule is Cc1cc(C)n(CC(=O)NNC(=O)c2cc(C)oc2C)n1. The number of hydrogen-bond acceptors (Lipinski definition) is 4. The summed E-state index contributed by atoms with van der Waals surface area (Å²) in [5.74, 6) is 0.392. The number of nitrogens with one attached hydrogen (secondary N) is 2. The molecule has 2 rings (SSSR count). The highest BCUT2D eigenvalue weighted by molar-refractivity contribution is 5.96. The number of furan rings is 1. The van der Waals surface area contributed by atoms with Crippen LogP contribution in [0.4, 0.5) is 0 Å². The molecule has 2 N–H and O–H groups in total. The number of carbonyl (C=O) groups is 2. The highest BCUT2D eigenvalue weighted by Gasteiger charge is 2.14. The molecule has 7 heteroatoms. The molecule has 0 aliphatic rings. The van der Waals surface area contributed by atoms with Gasteiger partial charge in [0.1, 0.15) is 18.1 Å². The Morgan fingerprint density at radius 1 is 1.19 bits per heavy atom. The molecule has 21 heavy (non-hydrogen) atoms. The summed E-state index contributed by atoms with van der Waals surface area (Å²) in [6, 6.07) is 3.50. The predicted octanol–water partition coefficient (Wildman–Crippen LogP) is 1.17. The van der Waals surface area contributed by atoms with Gasteiger partial charge in [0.05, 0.1) is 11.3 Å². The van der Waals surface area contributed by atoms with Gasteiger partial charge in [-0.1, -0.05) is 0 Å². The molecule has 2 aromatic rings. The van der Waals surface area contributed by atoms with Crippen molar-refractivity contribution in [2.45, 2.75) is 34.2 Å². The number of hydrogen-bond donors (Lipinski definition) is 2. The minimum absolute atomic E-state index is 0.0450. The van der Waals surface area contributed by atoms with Gasteiger partial charge in [0.25, 0.3) is 11.8 Å². The van der Waals surface area contributed by atoms with Gasteiger partial charge in [-0.25, -0.2) is 0 Å². The first-order valence-electron chi connectivity index (χ1n) is 6.54. The lowest BCUT2D eigenvalue weighted by Gasteiger charge is -2.07. The topological polar surface area (TPSA) is 89.2 Å². The molecule has 7 nitrogen and oxygen atoms in total. The number of hydrazine groups is 1. The zero-order chi connectivity index (χ0) is 15.6. The Hall–Kier alpha value is -2.57. The third-order valence-corrected chi connectivity index (χ3v) is 3.00. The van der Waals surface area contributed by atoms with Crippen LogP contribution in [0.2, 0.25) is 0 Å². The second kappa shape index (κ2) is 5.82. The molecule has 0 radical (unpaired) electrons. The molecule has 0 unspecified atom stereocenters. The van der Waals surface area contributed by atoms with Gasteiger partial charge in [0.15, 0.2) is 0 Å². The van der Waals surface area contributed by atoms with E-state index in [4.69, 9.17) is 4.42 Å². The minimum atomic E-state index is -0.411. The molecule has 2 heterocycles. The number of carbonyl (C=O) groups excluding carboxylic acids is 2. The first-order valence-corrected chi connectivity index (χ1v) is 6.54. The maximum Gasteiger partial charge on any atom is 0.273 e. The van der Waals surface area contributed by atoms with Crippen LogP contribution < -0.4 is 10.9 Å². The standard InChI is InChI=1S/C14H18N4O3/c1-8-5-9(2)18(17-8)7-13(19)15-16-14(20)12-6-10(3)21-11(12)4/h5-6H,7H2,1-4H3,(H,15,19)(H,16,20). The summed E-state index contributed by atoms with van der Waals surface area (Å²) < 4.78 is 6.84. The van der Waals surface area contributed by atoms with Crippen LogP contribution in [0.5, 0.6) is 0 Å². The Labute approximate surface area is 122 Å². The highest BCUT2D eigenvalue weighted by Crippen LogP contribution is 2.12. The molecule has 0 saturated heterocycles. The van der Waals surface area contributed by atoms with Gasteiger partial charge < -0.3 is 4.42 Å². The van der Waals surface area contributed by atoms with Crippen molar-refractivity contribution >= 4 is 11.8 Å². The predicted molar refractivity (Wildman–Crippen MR) is 75.5 cm³/mol. The summed E-state index contributed by atoms with van der Waals surface area (Å²) in [5, 5.41) is 4.18. The molecule has 2 amide bonds. The average molecular weight is 290 g/mol. The summed E-state index contributed by atoms with van der Waals surface area (Å²) in [7, 11) is 0. The van der Waals surface area contributed by atoms with E-state index in [0.717, 1.165) is 11.4 Å². The maximum absolute atomic E-state index is 11.9. The van der Waals surface area contributed by atoms with E-state index in [9.17, 15) is 9.59 Å². The minimum Gasteiger partial charge on any atom is -0.466 e. The van der Waals surface area contributed by atoms with Crippen molar-refractivity contribution in [3.63, 3.8) is 0 Å². The van der Waals surface area contributed by atoms with E-state index in [1.54, 1.807) is 24.6 Å². The Bertz CT molecular complexity index is 684. The fourth-order valence-corrected chi connectivity index (χ4v) is 2.06. The summed E-state index contributed by atoms with van der Waals surface area (Å²) in [6.07, 6.45) is 0. The lowest BCUT2D eigenvalue weighted by atomic mass is 10.2. The second-order valence-electron chi connectivity index (χ2n) is 4.91. The van der Waals surface area contributed by atoms with Crippen LogP contribution in [0.1, 0.15) is 33.3 Å². The van der Waals surface area contributed by atoms with Gasteiger partial charge in [-0.05, 0) is 39.8 Å². The van der Waals surface area contributed by atoms with Crippen molar-refractivity contribution in [2.75, 3.05) is 0 Å². The molecule has 0 bridgehead atoms. The third kappa shape index (κ3) is 3.50. The van der Waals surface area contributed by atoms with Gasteiger partial charge in [0, 0.05) is 5.69 Å². The van der Waals surface area contributed by atoms with Crippen molar-refractivity contribution in [3.05, 3.63) is 40.6 Å². The molecule has 0 aliphatic heterocycles. The van der Waals surface area contributed by atoms with Crippen LogP contribution in [0.3, 0.4) is 0 Å². The van der Waals surface area contributed by atoms with Gasteiger partial charge in [0.2, 0.25) is 0 Å². The largest absolute Gasteiger partial charge is 0.466 e. The molecular weight excluding hydrogens is 272 g/mol. The van der Waals surface area contributed by atoms with Crippen LogP contribution in [-0.2, 0) is 11.3 Å². The van der Waals surface area contributed by atoms with E-state index in [0.29, 0.717) is 17.1 Å². The van der Waals surface area contributed by atoms with E-state index in [-0.39, 0.29) is 12.5 Å². The van der Waals surface area contributed by atoms with Crippen LogP contribution in [0.15, 0.2) is 16.5 Å². The fraction of sp³-hybridized carbons (Fsp3) is 0.357. The monoisotopic (exact) mass is 290 g/mol. The zero-order valence-electron chi connectivity index (χ0n) is 12.5. The van der Waals surface area contributed by atoms with Gasteiger partial charge in [-0.3, -0.25) is 25.1 Å². The molecule has 0 spiro atoms. The van der Waals surface area contributed by atoms with Gasteiger partial charge in [-0.2, -0.15) is 5.10 Å². The summed E-state index contributed by atoms with van der Waals surface area (Å²) in [4.78, 5) is 23.7. The summed E-state index contributed by atoms with van der Waals surface area (Å²) in [6.45, 7) is 7.21. The fourth-order valence-electron chi connectivity index (χ4n) is 2.06. The van der Waals surface area contributed by atoms with Crippen molar-refractivity contribution in [1.82, 2.24) is 20.6 Å². The van der Waals surface area contributed by atoms with Crippen LogP contribution in [-0.4, -0.2) is 21.6 Å². The number of rotatable bonds is 3. The van der Waals surface area contributed by atoms with E-state index >= 15 is 0 Å². The molecule has 0 aliphatic carbocycles. The zero-order valence-corrected chi connectivity index (χ0v) is 12.5. The molecule has 0 atom stereocenters. The number of aryl methyl sites for hydroxylation is 4. The lowest BCUT2D eigenvalue weighted by Crippen LogP contribution is -2.43. The van der Waals surface area contributed by atoms with Crippen molar-refractivity contribution in [1.29, 1.82) is 0 Å². The third-order valence-electron chi connectivity index (χ3n) is 3.00. The Morgan fingerprint density at radius 2 is 1.90 bits per heavy atom. The lowest BCUT2D eigenvalue weighted by molar-refractivity contribution is -0.122. The van der Waals surface area contributed by atoms with Crippen LogP contribution in [0, 0.1) is 27.7 Å². The Kier molecular flexibility index (Phi) is 4.11. The first-order chi connectivity index (χ1) is 9.86. The molecule has 112 valence electrons. The number of aromatic nitrogens is 2.